The van der Waals surface area contributed by atoms with Crippen LogP contribution in [0.1, 0.15) is 11.3 Å². The molecule has 1 N–H and O–H groups in total. The molecule has 4 rings (SSSR count). The number of H-pyrrole nitrogens is 1. The van der Waals surface area contributed by atoms with E-state index >= 15 is 0 Å². The fourth-order valence-electron chi connectivity index (χ4n) is 2.82. The van der Waals surface area contributed by atoms with Crippen molar-refractivity contribution in [2.75, 3.05) is 7.11 Å². The van der Waals surface area contributed by atoms with Crippen LogP contribution in [0.15, 0.2) is 65.3 Å². The zero-order chi connectivity index (χ0) is 17.2. The number of rotatable bonds is 4. The van der Waals surface area contributed by atoms with Crippen molar-refractivity contribution in [3.63, 3.8) is 0 Å². The number of pyridine rings is 1. The van der Waals surface area contributed by atoms with Gasteiger partial charge in [0.15, 0.2) is 5.82 Å². The summed E-state index contributed by atoms with van der Waals surface area (Å²) in [5.41, 5.74) is 5.02. The summed E-state index contributed by atoms with van der Waals surface area (Å²) in [4.78, 5) is 12.8. The molecule has 0 bridgehead atoms. The molecule has 4 nitrogen and oxygen atoms in total. The van der Waals surface area contributed by atoms with E-state index in [1.54, 1.807) is 7.11 Å². The Morgan fingerprint density at radius 1 is 1.04 bits per heavy atom. The number of methoxy groups -OCH3 is 1. The number of hydrogen-bond acceptors (Lipinski definition) is 3. The Balaban J connectivity index is 1.72. The lowest BCUT2D eigenvalue weighted by atomic mass is 10.1. The molecule has 0 aliphatic carbocycles. The molecule has 0 saturated heterocycles. The molecule has 2 aromatic rings. The van der Waals surface area contributed by atoms with Gasteiger partial charge in [0.25, 0.3) is 0 Å². The number of aromatic amines is 1. The van der Waals surface area contributed by atoms with E-state index in [2.05, 4.69) is 38.0 Å². The van der Waals surface area contributed by atoms with E-state index < -0.39 is 0 Å². The fraction of sp³-hybridized carbons (Fsp3) is 0.100. The molecule has 5 heteroatoms. The average Bonchev–Trinajstić information content (AvgIpc) is 3.09. The van der Waals surface area contributed by atoms with Crippen LogP contribution in [0, 0.1) is 0 Å². The highest BCUT2D eigenvalue weighted by atomic mass is 79.9. The van der Waals surface area contributed by atoms with Gasteiger partial charge in [-0.15, -0.1) is 0 Å². The van der Waals surface area contributed by atoms with Crippen molar-refractivity contribution in [3.05, 3.63) is 76.5 Å². The van der Waals surface area contributed by atoms with E-state index in [1.807, 2.05) is 48.7 Å². The second kappa shape index (κ2) is 6.69. The Hall–Kier alpha value is -2.66. The zero-order valence-electron chi connectivity index (χ0n) is 13.7. The highest BCUT2D eigenvalue weighted by Gasteiger charge is 2.17. The maximum Gasteiger partial charge on any atom is 0.160 e. The van der Waals surface area contributed by atoms with Gasteiger partial charge in [0.05, 0.1) is 12.8 Å². The zero-order valence-corrected chi connectivity index (χ0v) is 15.2. The van der Waals surface area contributed by atoms with Crippen LogP contribution in [-0.4, -0.2) is 22.1 Å². The molecular weight excluding hydrogens is 378 g/mol. The summed E-state index contributed by atoms with van der Waals surface area (Å²) in [5, 5.41) is 0. The van der Waals surface area contributed by atoms with Crippen LogP contribution in [-0.2, 0) is 6.42 Å². The second-order valence-electron chi connectivity index (χ2n) is 5.77. The van der Waals surface area contributed by atoms with E-state index in [4.69, 9.17) is 9.72 Å². The molecule has 0 saturated carbocycles. The summed E-state index contributed by atoms with van der Waals surface area (Å²) in [7, 11) is 1.66. The number of ether oxygens (including phenoxy) is 1. The lowest BCUT2D eigenvalue weighted by Gasteiger charge is -2.06. The number of nitrogens with zero attached hydrogens (tertiary/aromatic N) is 2. The molecule has 25 heavy (non-hydrogen) atoms. The SMILES string of the molecule is COc1cccc(-c2nc3cc[nH]c(Cc4ccc(Br)cc4)c-3n2)c1. The van der Waals surface area contributed by atoms with Crippen LogP contribution in [0.4, 0.5) is 0 Å². The molecule has 2 heterocycles. The third-order valence-electron chi connectivity index (χ3n) is 4.09. The van der Waals surface area contributed by atoms with Crippen molar-refractivity contribution in [1.82, 2.24) is 15.0 Å². The van der Waals surface area contributed by atoms with Gasteiger partial charge in [-0.3, -0.25) is 0 Å². The summed E-state index contributed by atoms with van der Waals surface area (Å²) >= 11 is 3.47. The molecular formula is C20H16BrN3O. The summed E-state index contributed by atoms with van der Waals surface area (Å²) in [6, 6.07) is 18.1. The molecule has 0 fully saturated rings. The lowest BCUT2D eigenvalue weighted by molar-refractivity contribution is 0.415. The van der Waals surface area contributed by atoms with Crippen molar-refractivity contribution < 1.29 is 4.74 Å². The first-order valence-electron chi connectivity index (χ1n) is 7.96. The van der Waals surface area contributed by atoms with Gasteiger partial charge in [0.2, 0.25) is 0 Å². The quantitative estimate of drug-likeness (QED) is 0.534. The number of benzene rings is 2. The molecule has 0 atom stereocenters. The number of aromatic nitrogens is 3. The van der Waals surface area contributed by atoms with Crippen LogP contribution < -0.4 is 4.74 Å². The van der Waals surface area contributed by atoms with Crippen molar-refractivity contribution in [1.29, 1.82) is 0 Å². The van der Waals surface area contributed by atoms with Gasteiger partial charge >= 0.3 is 0 Å². The van der Waals surface area contributed by atoms with Gasteiger partial charge in [-0.25, -0.2) is 9.97 Å². The summed E-state index contributed by atoms with van der Waals surface area (Å²) in [6.45, 7) is 0. The first-order chi connectivity index (χ1) is 12.2. The highest BCUT2D eigenvalue weighted by Crippen LogP contribution is 2.29. The van der Waals surface area contributed by atoms with Crippen LogP contribution in [0.3, 0.4) is 0 Å². The van der Waals surface area contributed by atoms with Gasteiger partial charge in [0.1, 0.15) is 11.4 Å². The first kappa shape index (κ1) is 15.8. The molecule has 2 aliphatic heterocycles. The second-order valence-corrected chi connectivity index (χ2v) is 6.69. The Morgan fingerprint density at radius 2 is 1.88 bits per heavy atom. The van der Waals surface area contributed by atoms with E-state index in [9.17, 15) is 0 Å². The van der Waals surface area contributed by atoms with E-state index in [1.165, 1.54) is 5.56 Å². The maximum atomic E-state index is 5.30. The van der Waals surface area contributed by atoms with E-state index in [0.717, 1.165) is 39.3 Å². The predicted molar refractivity (Wildman–Crippen MR) is 102 cm³/mol. The van der Waals surface area contributed by atoms with Crippen molar-refractivity contribution in [3.8, 4) is 28.5 Å². The van der Waals surface area contributed by atoms with Gasteiger partial charge in [0, 0.05) is 28.3 Å². The molecule has 0 spiro atoms. The Bertz CT molecular complexity index is 978. The molecule has 124 valence electrons. The number of nitrogens with one attached hydrogen (secondary N) is 1. The van der Waals surface area contributed by atoms with Crippen molar-refractivity contribution in [2.24, 2.45) is 0 Å². The predicted octanol–water partition coefficient (Wildman–Crippen LogP) is 4.94. The Morgan fingerprint density at radius 3 is 2.68 bits per heavy atom. The Kier molecular flexibility index (Phi) is 4.24. The number of imidazole rings is 1. The van der Waals surface area contributed by atoms with Crippen LogP contribution in [0.25, 0.3) is 22.8 Å². The minimum atomic E-state index is 0.713. The van der Waals surface area contributed by atoms with Crippen LogP contribution in [0.5, 0.6) is 5.75 Å². The molecule has 2 aliphatic rings. The maximum absolute atomic E-state index is 5.30. The van der Waals surface area contributed by atoms with E-state index in [-0.39, 0.29) is 0 Å². The standard InChI is InChI=1S/C20H16BrN3O/c1-25-16-4-2-3-14(12-16)20-23-17-9-10-22-18(19(17)24-20)11-13-5-7-15(21)8-6-13/h2-10,12,22H,11H2,1H3. The van der Waals surface area contributed by atoms with Crippen LogP contribution in [0.2, 0.25) is 0 Å². The monoisotopic (exact) mass is 393 g/mol. The smallest absolute Gasteiger partial charge is 0.160 e. The first-order valence-corrected chi connectivity index (χ1v) is 8.75. The molecule has 0 unspecified atom stereocenters. The van der Waals surface area contributed by atoms with Crippen molar-refractivity contribution in [2.45, 2.75) is 6.42 Å². The Labute approximate surface area is 154 Å². The normalized spacial score (nSPS) is 11.0. The highest BCUT2D eigenvalue weighted by molar-refractivity contribution is 9.10. The van der Waals surface area contributed by atoms with E-state index in [0.29, 0.717) is 5.82 Å². The minimum Gasteiger partial charge on any atom is -0.497 e. The van der Waals surface area contributed by atoms with Crippen LogP contribution >= 0.6 is 15.9 Å². The summed E-state index contributed by atoms with van der Waals surface area (Å²) in [6.07, 6.45) is 2.70. The van der Waals surface area contributed by atoms with Crippen molar-refractivity contribution >= 4 is 15.9 Å². The van der Waals surface area contributed by atoms with Gasteiger partial charge in [-0.1, -0.05) is 40.2 Å². The average molecular weight is 394 g/mol. The minimum absolute atomic E-state index is 0.713. The van der Waals surface area contributed by atoms with Gasteiger partial charge in [-0.05, 0) is 35.9 Å². The fourth-order valence-corrected chi connectivity index (χ4v) is 3.08. The number of fused-ring (bicyclic) bond motifs is 1. The third kappa shape index (κ3) is 3.28. The van der Waals surface area contributed by atoms with Gasteiger partial charge in [-0.2, -0.15) is 0 Å². The number of hydrogen-bond donors (Lipinski definition) is 1. The molecule has 2 aromatic carbocycles. The molecule has 0 aromatic heterocycles. The topological polar surface area (TPSA) is 50.8 Å². The summed E-state index contributed by atoms with van der Waals surface area (Å²) < 4.78 is 6.37. The lowest BCUT2D eigenvalue weighted by Crippen LogP contribution is -1.96. The number of halogens is 1. The largest absolute Gasteiger partial charge is 0.497 e. The third-order valence-corrected chi connectivity index (χ3v) is 4.62. The molecule has 0 radical (unpaired) electrons. The van der Waals surface area contributed by atoms with Gasteiger partial charge < -0.3 is 9.72 Å². The summed E-state index contributed by atoms with van der Waals surface area (Å²) in [5.74, 6) is 1.51. The molecule has 0 amide bonds.